The fourth-order valence-electron chi connectivity index (χ4n) is 2.06. The molecule has 2 N–H and O–H groups in total. The van der Waals surface area contributed by atoms with E-state index in [0.29, 0.717) is 10.9 Å². The second-order valence-electron chi connectivity index (χ2n) is 4.40. The first-order valence-corrected chi connectivity index (χ1v) is 6.76. The summed E-state index contributed by atoms with van der Waals surface area (Å²) in [5, 5.41) is 0.473. The van der Waals surface area contributed by atoms with E-state index in [1.165, 1.54) is 6.07 Å². The second kappa shape index (κ2) is 4.91. The predicted octanol–water partition coefficient (Wildman–Crippen LogP) is 3.23. The topological polar surface area (TPSA) is 29.3 Å². The molecule has 0 saturated carbocycles. The molecule has 18 heavy (non-hydrogen) atoms. The number of rotatable bonds is 1. The highest BCUT2D eigenvalue weighted by Gasteiger charge is 2.31. The maximum absolute atomic E-state index is 12.5. The number of nitrogens with two attached hydrogens (primary N) is 1. The normalized spacial score (nSPS) is 21.1. The molecule has 0 bridgehead atoms. The van der Waals surface area contributed by atoms with Gasteiger partial charge in [0.05, 0.1) is 16.9 Å². The van der Waals surface area contributed by atoms with Crippen LogP contribution >= 0.6 is 11.8 Å². The average molecular weight is 276 g/mol. The lowest BCUT2D eigenvalue weighted by Gasteiger charge is -2.33. The molecule has 0 aromatic heterocycles. The highest BCUT2D eigenvalue weighted by Crippen LogP contribution is 2.35. The molecule has 1 atom stereocenters. The quantitative estimate of drug-likeness (QED) is 0.799. The molecular weight excluding hydrogens is 261 g/mol. The van der Waals surface area contributed by atoms with Gasteiger partial charge in [0.15, 0.2) is 0 Å². The lowest BCUT2D eigenvalue weighted by Crippen LogP contribution is -2.37. The Kier molecular flexibility index (Phi) is 3.66. The molecule has 1 aromatic rings. The Morgan fingerprint density at radius 2 is 2.11 bits per heavy atom. The molecule has 1 aliphatic rings. The fourth-order valence-corrected chi connectivity index (χ4v) is 3.07. The Balaban J connectivity index is 2.24. The van der Waals surface area contributed by atoms with Gasteiger partial charge in [-0.25, -0.2) is 0 Å². The van der Waals surface area contributed by atoms with Gasteiger partial charge in [0, 0.05) is 24.1 Å². The van der Waals surface area contributed by atoms with Crippen LogP contribution in [0.4, 0.5) is 24.5 Å². The first-order chi connectivity index (χ1) is 8.38. The zero-order chi connectivity index (χ0) is 13.3. The summed E-state index contributed by atoms with van der Waals surface area (Å²) < 4.78 is 37.6. The van der Waals surface area contributed by atoms with Crippen LogP contribution in [-0.4, -0.2) is 24.1 Å². The van der Waals surface area contributed by atoms with Crippen LogP contribution in [0.25, 0.3) is 0 Å². The van der Waals surface area contributed by atoms with Crippen molar-refractivity contribution in [2.75, 3.05) is 29.5 Å². The summed E-state index contributed by atoms with van der Waals surface area (Å²) in [5.74, 6) is 0.974. The van der Waals surface area contributed by atoms with Crippen molar-refractivity contribution in [1.82, 2.24) is 0 Å². The van der Waals surface area contributed by atoms with Gasteiger partial charge >= 0.3 is 6.18 Å². The monoisotopic (exact) mass is 276 g/mol. The number of nitrogens with zero attached hydrogens (tertiary/aromatic N) is 1. The van der Waals surface area contributed by atoms with E-state index in [1.807, 2.05) is 11.8 Å². The summed E-state index contributed by atoms with van der Waals surface area (Å²) in [4.78, 5) is 2.05. The Labute approximate surface area is 108 Å². The van der Waals surface area contributed by atoms with Crippen LogP contribution in [0, 0.1) is 0 Å². The zero-order valence-electron chi connectivity index (χ0n) is 10.00. The zero-order valence-corrected chi connectivity index (χ0v) is 10.8. The van der Waals surface area contributed by atoms with Gasteiger partial charge in [0.2, 0.25) is 0 Å². The van der Waals surface area contributed by atoms with Crippen molar-refractivity contribution in [3.05, 3.63) is 23.8 Å². The Morgan fingerprint density at radius 3 is 2.67 bits per heavy atom. The van der Waals surface area contributed by atoms with Gasteiger partial charge in [-0.15, -0.1) is 0 Å². The van der Waals surface area contributed by atoms with E-state index in [4.69, 9.17) is 5.73 Å². The van der Waals surface area contributed by atoms with E-state index in [1.54, 1.807) is 0 Å². The minimum atomic E-state index is -4.34. The van der Waals surface area contributed by atoms with Crippen LogP contribution in [0.2, 0.25) is 0 Å². The molecule has 2 nitrogen and oxygen atoms in total. The number of anilines is 2. The van der Waals surface area contributed by atoms with E-state index in [2.05, 4.69) is 11.8 Å². The van der Waals surface area contributed by atoms with Crippen molar-refractivity contribution < 1.29 is 13.2 Å². The van der Waals surface area contributed by atoms with Crippen LogP contribution in [0.5, 0.6) is 0 Å². The smallest absolute Gasteiger partial charge is 0.397 e. The van der Waals surface area contributed by atoms with Crippen molar-refractivity contribution >= 4 is 23.1 Å². The van der Waals surface area contributed by atoms with E-state index in [9.17, 15) is 13.2 Å². The summed E-state index contributed by atoms with van der Waals surface area (Å²) >= 11 is 1.87. The van der Waals surface area contributed by atoms with Gasteiger partial charge in [-0.2, -0.15) is 24.9 Å². The molecule has 1 aromatic carbocycles. The van der Waals surface area contributed by atoms with Gasteiger partial charge in [0.25, 0.3) is 0 Å². The van der Waals surface area contributed by atoms with E-state index < -0.39 is 11.7 Å². The van der Waals surface area contributed by atoms with E-state index >= 15 is 0 Å². The average Bonchev–Trinajstić information content (AvgIpc) is 2.27. The van der Waals surface area contributed by atoms with E-state index in [0.717, 1.165) is 31.0 Å². The first-order valence-electron chi connectivity index (χ1n) is 5.71. The van der Waals surface area contributed by atoms with Crippen LogP contribution in [0.3, 0.4) is 0 Å². The molecule has 6 heteroatoms. The van der Waals surface area contributed by atoms with Gasteiger partial charge in [0.1, 0.15) is 0 Å². The molecule has 2 rings (SSSR count). The number of thioether (sulfide) groups is 1. The van der Waals surface area contributed by atoms with Gasteiger partial charge in [-0.3, -0.25) is 0 Å². The van der Waals surface area contributed by atoms with Gasteiger partial charge in [-0.05, 0) is 18.2 Å². The lowest BCUT2D eigenvalue weighted by molar-refractivity contribution is -0.137. The number of halogens is 3. The van der Waals surface area contributed by atoms with Crippen LogP contribution in [-0.2, 0) is 6.18 Å². The second-order valence-corrected chi connectivity index (χ2v) is 5.95. The van der Waals surface area contributed by atoms with Crippen molar-refractivity contribution in [3.63, 3.8) is 0 Å². The minimum absolute atomic E-state index is 0.198. The Morgan fingerprint density at radius 1 is 1.39 bits per heavy atom. The van der Waals surface area contributed by atoms with Crippen molar-refractivity contribution in [2.45, 2.75) is 18.3 Å². The van der Waals surface area contributed by atoms with Crippen molar-refractivity contribution in [3.8, 4) is 0 Å². The largest absolute Gasteiger partial charge is 0.416 e. The molecule has 0 spiro atoms. The van der Waals surface area contributed by atoms with Crippen LogP contribution in [0.15, 0.2) is 18.2 Å². The Bertz CT molecular complexity index is 434. The fraction of sp³-hybridized carbons (Fsp3) is 0.500. The molecule has 0 aliphatic carbocycles. The molecule has 1 fully saturated rings. The molecule has 1 aliphatic heterocycles. The number of alkyl halides is 3. The molecule has 0 radical (unpaired) electrons. The van der Waals surface area contributed by atoms with Crippen LogP contribution in [0.1, 0.15) is 12.5 Å². The maximum atomic E-state index is 12.5. The third-order valence-corrected chi connectivity index (χ3v) is 4.07. The summed E-state index contributed by atoms with van der Waals surface area (Å²) in [6.45, 7) is 3.75. The standard InChI is InChI=1S/C12H15F3N2S/c1-8-7-17(4-5-18-8)11-3-2-9(6-10(11)16)12(13,14)15/h2-3,6,8H,4-5,7,16H2,1H3. The number of nitrogen functional groups attached to an aromatic ring is 1. The number of hydrogen-bond acceptors (Lipinski definition) is 3. The third kappa shape index (κ3) is 2.85. The SMILES string of the molecule is CC1CN(c2ccc(C(F)(F)F)cc2N)CCS1. The van der Waals surface area contributed by atoms with Gasteiger partial charge in [-0.1, -0.05) is 6.92 Å². The Hall–Kier alpha value is -1.04. The summed E-state index contributed by atoms with van der Waals surface area (Å²) in [6.07, 6.45) is -4.34. The predicted molar refractivity (Wildman–Crippen MR) is 70.0 cm³/mol. The molecule has 0 amide bonds. The highest BCUT2D eigenvalue weighted by atomic mass is 32.2. The van der Waals surface area contributed by atoms with Crippen molar-refractivity contribution in [1.29, 1.82) is 0 Å². The van der Waals surface area contributed by atoms with Crippen LogP contribution < -0.4 is 10.6 Å². The van der Waals surface area contributed by atoms with Gasteiger partial charge < -0.3 is 10.6 Å². The summed E-state index contributed by atoms with van der Waals surface area (Å²) in [7, 11) is 0. The maximum Gasteiger partial charge on any atom is 0.416 e. The molecule has 1 unspecified atom stereocenters. The third-order valence-electron chi connectivity index (χ3n) is 2.94. The van der Waals surface area contributed by atoms with E-state index in [-0.39, 0.29) is 5.69 Å². The molecular formula is C12H15F3N2S. The highest BCUT2D eigenvalue weighted by molar-refractivity contribution is 8.00. The van der Waals surface area contributed by atoms with Crippen molar-refractivity contribution in [2.24, 2.45) is 0 Å². The number of benzene rings is 1. The first kappa shape index (κ1) is 13.4. The summed E-state index contributed by atoms with van der Waals surface area (Å²) in [5.41, 5.74) is 5.96. The molecule has 1 saturated heterocycles. The molecule has 1 heterocycles. The lowest BCUT2D eigenvalue weighted by atomic mass is 10.1. The molecule has 100 valence electrons. The number of hydrogen-bond donors (Lipinski definition) is 1. The summed E-state index contributed by atoms with van der Waals surface area (Å²) in [6, 6.07) is 3.58. The minimum Gasteiger partial charge on any atom is -0.397 e.